The Morgan fingerprint density at radius 2 is 1.55 bits per heavy atom. The highest BCUT2D eigenvalue weighted by Gasteiger charge is 2.29. The molecule has 0 bridgehead atoms. The highest BCUT2D eigenvalue weighted by molar-refractivity contribution is 6.77. The van der Waals surface area contributed by atoms with Crippen molar-refractivity contribution in [3.05, 3.63) is 78.1 Å². The molecule has 0 N–H and O–H groups in total. The number of hydrogen-bond donors (Lipinski definition) is 0. The fraction of sp³-hybridized carbons (Fsp3) is 0.250. The summed E-state index contributed by atoms with van der Waals surface area (Å²) in [6, 6.07) is 19.8. The summed E-state index contributed by atoms with van der Waals surface area (Å²) < 4.78 is 0. The smallest absolute Gasteiger partial charge is 0.0526 e. The van der Waals surface area contributed by atoms with Crippen LogP contribution in [0.15, 0.2) is 67.0 Å². The molecule has 0 spiro atoms. The zero-order valence-electron chi connectivity index (χ0n) is 13.6. The number of nitrogens with zero attached hydrogens (tertiary/aromatic N) is 1. The first-order chi connectivity index (χ1) is 10.6. The Morgan fingerprint density at radius 1 is 0.864 bits per heavy atom. The maximum Gasteiger partial charge on any atom is 0.0526 e. The molecule has 0 aliphatic rings. The van der Waals surface area contributed by atoms with E-state index in [-0.39, 0.29) is 0 Å². The molecule has 0 radical (unpaired) electrons. The number of rotatable bonds is 4. The predicted octanol–water partition coefficient (Wildman–Crippen LogP) is 5.44. The topological polar surface area (TPSA) is 12.9 Å². The first-order valence-electron chi connectivity index (χ1n) is 7.92. The lowest BCUT2D eigenvalue weighted by atomic mass is 9.98. The number of pyridine rings is 1. The minimum absolute atomic E-state index is 0.612. The Kier molecular flexibility index (Phi) is 4.12. The molecule has 0 aliphatic carbocycles. The first-order valence-corrected chi connectivity index (χ1v) is 11.5. The van der Waals surface area contributed by atoms with E-state index < -0.39 is 8.07 Å². The normalized spacial score (nSPS) is 13.2. The maximum atomic E-state index is 4.15. The Morgan fingerprint density at radius 3 is 2.27 bits per heavy atom. The number of aromatic nitrogens is 1. The molecular weight excluding hydrogens is 282 g/mol. The van der Waals surface area contributed by atoms with E-state index in [0.29, 0.717) is 5.54 Å². The van der Waals surface area contributed by atoms with Crippen LogP contribution in [0.2, 0.25) is 19.6 Å². The molecule has 1 atom stereocenters. The summed E-state index contributed by atoms with van der Waals surface area (Å²) in [5.74, 6) is 0. The molecule has 3 rings (SSSR count). The van der Waals surface area contributed by atoms with Gasteiger partial charge in [-0.15, -0.1) is 0 Å². The molecule has 0 amide bonds. The summed E-state index contributed by atoms with van der Waals surface area (Å²) in [5, 5.41) is 2.75. The molecular formula is C20H23NSi. The molecule has 1 unspecified atom stereocenters. The van der Waals surface area contributed by atoms with E-state index >= 15 is 0 Å². The van der Waals surface area contributed by atoms with Gasteiger partial charge in [0.15, 0.2) is 0 Å². The fourth-order valence-corrected chi connectivity index (χ4v) is 5.22. The van der Waals surface area contributed by atoms with Crippen molar-refractivity contribution in [3.8, 4) is 0 Å². The van der Waals surface area contributed by atoms with Gasteiger partial charge < -0.3 is 0 Å². The van der Waals surface area contributed by atoms with Gasteiger partial charge in [-0.05, 0) is 46.0 Å². The van der Waals surface area contributed by atoms with Crippen LogP contribution >= 0.6 is 0 Å². The van der Waals surface area contributed by atoms with Gasteiger partial charge in [0.25, 0.3) is 0 Å². The minimum atomic E-state index is -1.35. The third-order valence-electron chi connectivity index (χ3n) is 4.43. The molecule has 22 heavy (non-hydrogen) atoms. The van der Waals surface area contributed by atoms with E-state index in [1.165, 1.54) is 21.9 Å². The second-order valence-electron chi connectivity index (χ2n) is 7.05. The van der Waals surface area contributed by atoms with Gasteiger partial charge in [-0.3, -0.25) is 4.98 Å². The standard InChI is InChI=1S/C20H23NSi/c1-22(2,3)20(15-16-11-13-21-14-12-16)19-10-6-8-17-7-4-5-9-18(17)19/h4-14,20H,15H2,1-3H3. The van der Waals surface area contributed by atoms with E-state index in [1.54, 1.807) is 0 Å². The van der Waals surface area contributed by atoms with Crippen LogP contribution in [0.5, 0.6) is 0 Å². The average molecular weight is 305 g/mol. The summed E-state index contributed by atoms with van der Waals surface area (Å²) in [7, 11) is -1.35. The van der Waals surface area contributed by atoms with Crippen LogP contribution in [-0.4, -0.2) is 13.1 Å². The molecule has 0 saturated heterocycles. The van der Waals surface area contributed by atoms with Gasteiger partial charge in [-0.25, -0.2) is 0 Å². The molecule has 2 aromatic carbocycles. The Labute approximate surface area is 134 Å². The van der Waals surface area contributed by atoms with Crippen molar-refractivity contribution in [1.82, 2.24) is 4.98 Å². The van der Waals surface area contributed by atoms with Gasteiger partial charge in [0, 0.05) is 12.4 Å². The van der Waals surface area contributed by atoms with Crippen LogP contribution in [0.4, 0.5) is 0 Å². The minimum Gasteiger partial charge on any atom is -0.265 e. The van der Waals surface area contributed by atoms with Crippen molar-refractivity contribution in [3.63, 3.8) is 0 Å². The summed E-state index contributed by atoms with van der Waals surface area (Å²) in [5.41, 5.74) is 3.51. The summed E-state index contributed by atoms with van der Waals surface area (Å²) >= 11 is 0. The molecule has 2 heteroatoms. The number of benzene rings is 2. The third kappa shape index (κ3) is 3.12. The molecule has 1 heterocycles. The Bertz CT molecular complexity index is 754. The lowest BCUT2D eigenvalue weighted by Gasteiger charge is -2.30. The Hall–Kier alpha value is -1.93. The van der Waals surface area contributed by atoms with E-state index in [9.17, 15) is 0 Å². The average Bonchev–Trinajstić information content (AvgIpc) is 2.52. The van der Waals surface area contributed by atoms with Crippen LogP contribution in [-0.2, 0) is 6.42 Å². The molecule has 112 valence electrons. The highest BCUT2D eigenvalue weighted by Crippen LogP contribution is 2.34. The quantitative estimate of drug-likeness (QED) is 0.585. The largest absolute Gasteiger partial charge is 0.265 e. The highest BCUT2D eigenvalue weighted by atomic mass is 28.3. The van der Waals surface area contributed by atoms with Crippen LogP contribution < -0.4 is 0 Å². The van der Waals surface area contributed by atoms with Gasteiger partial charge in [-0.2, -0.15) is 0 Å². The lowest BCUT2D eigenvalue weighted by molar-refractivity contribution is 0.882. The zero-order valence-corrected chi connectivity index (χ0v) is 14.6. The van der Waals surface area contributed by atoms with E-state index in [0.717, 1.165) is 6.42 Å². The van der Waals surface area contributed by atoms with Gasteiger partial charge in [0.1, 0.15) is 0 Å². The van der Waals surface area contributed by atoms with Gasteiger partial charge >= 0.3 is 0 Å². The molecule has 0 saturated carbocycles. The van der Waals surface area contributed by atoms with Gasteiger partial charge in [-0.1, -0.05) is 62.1 Å². The first kappa shape index (κ1) is 15.0. The molecule has 3 aromatic rings. The van der Waals surface area contributed by atoms with Crippen molar-refractivity contribution in [2.24, 2.45) is 0 Å². The molecule has 0 aliphatic heterocycles. The fourth-order valence-electron chi connectivity index (χ4n) is 3.19. The summed E-state index contributed by atoms with van der Waals surface area (Å²) in [4.78, 5) is 4.15. The van der Waals surface area contributed by atoms with Crippen molar-refractivity contribution < 1.29 is 0 Å². The maximum absolute atomic E-state index is 4.15. The van der Waals surface area contributed by atoms with Gasteiger partial charge in [0.05, 0.1) is 8.07 Å². The molecule has 1 aromatic heterocycles. The predicted molar refractivity (Wildman–Crippen MR) is 98.0 cm³/mol. The third-order valence-corrected chi connectivity index (χ3v) is 7.04. The number of fused-ring (bicyclic) bond motifs is 1. The van der Waals surface area contributed by atoms with Gasteiger partial charge in [0.2, 0.25) is 0 Å². The lowest BCUT2D eigenvalue weighted by Crippen LogP contribution is -2.32. The van der Waals surface area contributed by atoms with Crippen LogP contribution in [0, 0.1) is 0 Å². The Balaban J connectivity index is 2.09. The van der Waals surface area contributed by atoms with E-state index in [1.807, 2.05) is 12.4 Å². The molecule has 1 nitrogen and oxygen atoms in total. The SMILES string of the molecule is C[Si](C)(C)C(Cc1ccncc1)c1cccc2ccccc12. The monoisotopic (exact) mass is 305 g/mol. The summed E-state index contributed by atoms with van der Waals surface area (Å²) in [6.45, 7) is 7.42. The van der Waals surface area contributed by atoms with Crippen LogP contribution in [0.3, 0.4) is 0 Å². The van der Waals surface area contributed by atoms with Crippen molar-refractivity contribution in [1.29, 1.82) is 0 Å². The van der Waals surface area contributed by atoms with E-state index in [2.05, 4.69) is 79.2 Å². The van der Waals surface area contributed by atoms with Crippen LogP contribution in [0.1, 0.15) is 16.7 Å². The van der Waals surface area contributed by atoms with E-state index in [4.69, 9.17) is 0 Å². The zero-order chi connectivity index (χ0) is 15.6. The van der Waals surface area contributed by atoms with Crippen molar-refractivity contribution in [2.75, 3.05) is 0 Å². The molecule has 0 fully saturated rings. The second-order valence-corrected chi connectivity index (χ2v) is 12.5. The number of hydrogen-bond acceptors (Lipinski definition) is 1. The summed E-state index contributed by atoms with van der Waals surface area (Å²) in [6.07, 6.45) is 4.91. The van der Waals surface area contributed by atoms with Crippen molar-refractivity contribution >= 4 is 18.8 Å². The van der Waals surface area contributed by atoms with Crippen LogP contribution in [0.25, 0.3) is 10.8 Å². The second kappa shape index (κ2) is 6.05. The van der Waals surface area contributed by atoms with Crippen molar-refractivity contribution in [2.45, 2.75) is 31.6 Å².